The lowest BCUT2D eigenvalue weighted by atomic mass is 9.98. The summed E-state index contributed by atoms with van der Waals surface area (Å²) in [6, 6.07) is 16.3. The third-order valence-corrected chi connectivity index (χ3v) is 5.39. The molecule has 0 fully saturated rings. The van der Waals surface area contributed by atoms with Crippen molar-refractivity contribution in [3.8, 4) is 22.5 Å². The number of hydrogen-bond donors (Lipinski definition) is 2. The van der Waals surface area contributed by atoms with Gasteiger partial charge in [0, 0.05) is 24.8 Å². The molecule has 2 aromatic carbocycles. The third kappa shape index (κ3) is 5.03. The summed E-state index contributed by atoms with van der Waals surface area (Å²) in [4.78, 5) is 22.8. The summed E-state index contributed by atoms with van der Waals surface area (Å²) in [5.74, 6) is 1.21. The Morgan fingerprint density at radius 1 is 1.09 bits per heavy atom. The number of aromatic amines is 1. The first-order chi connectivity index (χ1) is 16.1. The SMILES string of the molecule is CCCCN(Cc1ccc(-c2ccccc2-c2nn[nH]n2)cc1)c1nc(C)ncc1C(N)=O. The summed E-state index contributed by atoms with van der Waals surface area (Å²) in [6.45, 7) is 5.30. The molecule has 0 atom stereocenters. The van der Waals surface area contributed by atoms with E-state index in [1.807, 2.05) is 31.2 Å². The van der Waals surface area contributed by atoms with Crippen molar-refractivity contribution >= 4 is 11.7 Å². The predicted molar refractivity (Wildman–Crippen MR) is 126 cm³/mol. The maximum atomic E-state index is 12.0. The fourth-order valence-electron chi connectivity index (χ4n) is 3.70. The molecule has 1 amide bonds. The molecule has 0 aliphatic rings. The average molecular weight is 443 g/mol. The van der Waals surface area contributed by atoms with Crippen molar-refractivity contribution in [3.05, 3.63) is 71.7 Å². The van der Waals surface area contributed by atoms with Gasteiger partial charge in [-0.2, -0.15) is 5.21 Å². The number of hydrogen-bond acceptors (Lipinski definition) is 7. The average Bonchev–Trinajstić information content (AvgIpc) is 3.37. The molecule has 0 saturated carbocycles. The number of carbonyl (C=O) groups is 1. The summed E-state index contributed by atoms with van der Waals surface area (Å²) in [6.07, 6.45) is 3.51. The van der Waals surface area contributed by atoms with E-state index < -0.39 is 5.91 Å². The fourth-order valence-corrected chi connectivity index (χ4v) is 3.70. The van der Waals surface area contributed by atoms with E-state index in [0.29, 0.717) is 29.6 Å². The molecule has 0 saturated heterocycles. The van der Waals surface area contributed by atoms with Crippen LogP contribution in [0.2, 0.25) is 0 Å². The fraction of sp³-hybridized carbons (Fsp3) is 0.250. The van der Waals surface area contributed by atoms with Crippen molar-refractivity contribution in [1.29, 1.82) is 0 Å². The first-order valence-electron chi connectivity index (χ1n) is 10.9. The Morgan fingerprint density at radius 2 is 1.85 bits per heavy atom. The van der Waals surface area contributed by atoms with Crippen molar-refractivity contribution in [2.24, 2.45) is 5.73 Å². The first kappa shape index (κ1) is 22.1. The highest BCUT2D eigenvalue weighted by Crippen LogP contribution is 2.30. The number of rotatable bonds is 9. The van der Waals surface area contributed by atoms with Crippen LogP contribution in [0.1, 0.15) is 41.5 Å². The second-order valence-electron chi connectivity index (χ2n) is 7.77. The van der Waals surface area contributed by atoms with Gasteiger partial charge in [0.1, 0.15) is 17.2 Å². The number of carbonyl (C=O) groups excluding carboxylic acids is 1. The van der Waals surface area contributed by atoms with Crippen LogP contribution in [0, 0.1) is 6.92 Å². The largest absolute Gasteiger partial charge is 0.365 e. The van der Waals surface area contributed by atoms with E-state index in [0.717, 1.165) is 41.6 Å². The standard InChI is InChI=1S/C24H26N8O/c1-3-4-13-32(24-21(22(25)33)14-26-16(2)27-24)15-17-9-11-18(12-10-17)19-7-5-6-8-20(19)23-28-30-31-29-23/h5-12,14H,3-4,13,15H2,1-2H3,(H2,25,33)(H,28,29,30,31). The quantitative estimate of drug-likeness (QED) is 0.406. The van der Waals surface area contributed by atoms with Gasteiger partial charge < -0.3 is 10.6 Å². The molecule has 0 aliphatic heterocycles. The molecule has 168 valence electrons. The molecule has 2 aromatic heterocycles. The molecule has 0 aliphatic carbocycles. The van der Waals surface area contributed by atoms with Gasteiger partial charge in [-0.1, -0.05) is 61.9 Å². The summed E-state index contributed by atoms with van der Waals surface area (Å²) >= 11 is 0. The van der Waals surface area contributed by atoms with Crippen LogP contribution in [0.15, 0.2) is 54.7 Å². The van der Waals surface area contributed by atoms with Gasteiger partial charge in [-0.05, 0) is 35.2 Å². The third-order valence-electron chi connectivity index (χ3n) is 5.39. The van der Waals surface area contributed by atoms with E-state index in [2.05, 4.69) is 66.7 Å². The lowest BCUT2D eigenvalue weighted by molar-refractivity contribution is 0.1000. The number of benzene rings is 2. The smallest absolute Gasteiger partial charge is 0.254 e. The number of amides is 1. The Labute approximate surface area is 192 Å². The molecule has 3 N–H and O–H groups in total. The zero-order chi connectivity index (χ0) is 23.2. The van der Waals surface area contributed by atoms with Crippen LogP contribution < -0.4 is 10.6 Å². The van der Waals surface area contributed by atoms with E-state index in [1.54, 1.807) is 0 Å². The van der Waals surface area contributed by atoms with Crippen LogP contribution in [0.3, 0.4) is 0 Å². The van der Waals surface area contributed by atoms with Crippen molar-refractivity contribution in [3.63, 3.8) is 0 Å². The highest BCUT2D eigenvalue weighted by atomic mass is 16.1. The monoisotopic (exact) mass is 442 g/mol. The predicted octanol–water partition coefficient (Wildman–Crippen LogP) is 3.54. The summed E-state index contributed by atoms with van der Waals surface area (Å²) < 4.78 is 0. The minimum Gasteiger partial charge on any atom is -0.365 e. The number of primary amides is 1. The molecule has 0 unspecified atom stereocenters. The van der Waals surface area contributed by atoms with E-state index in [4.69, 9.17) is 5.73 Å². The molecule has 0 spiro atoms. The normalized spacial score (nSPS) is 10.8. The molecule has 33 heavy (non-hydrogen) atoms. The molecule has 2 heterocycles. The van der Waals surface area contributed by atoms with Gasteiger partial charge in [0.2, 0.25) is 5.82 Å². The van der Waals surface area contributed by atoms with E-state index in [9.17, 15) is 4.79 Å². The zero-order valence-corrected chi connectivity index (χ0v) is 18.7. The number of H-pyrrole nitrogens is 1. The van der Waals surface area contributed by atoms with Gasteiger partial charge in [-0.25, -0.2) is 9.97 Å². The zero-order valence-electron chi connectivity index (χ0n) is 18.7. The summed E-state index contributed by atoms with van der Waals surface area (Å²) in [5, 5.41) is 14.4. The Kier molecular flexibility index (Phi) is 6.68. The molecule has 0 bridgehead atoms. The number of aromatic nitrogens is 6. The lowest BCUT2D eigenvalue weighted by Crippen LogP contribution is -2.28. The minimum atomic E-state index is -0.528. The molecular formula is C24H26N8O. The van der Waals surface area contributed by atoms with Gasteiger partial charge in [0.25, 0.3) is 5.91 Å². The topological polar surface area (TPSA) is 127 Å². The van der Waals surface area contributed by atoms with Crippen LogP contribution in [0.4, 0.5) is 5.82 Å². The van der Waals surface area contributed by atoms with Crippen LogP contribution >= 0.6 is 0 Å². The highest BCUT2D eigenvalue weighted by molar-refractivity contribution is 5.97. The maximum Gasteiger partial charge on any atom is 0.254 e. The molecule has 0 radical (unpaired) electrons. The van der Waals surface area contributed by atoms with Crippen molar-refractivity contribution in [1.82, 2.24) is 30.6 Å². The number of nitrogens with zero attached hydrogens (tertiary/aromatic N) is 6. The summed E-state index contributed by atoms with van der Waals surface area (Å²) in [5.41, 5.74) is 10.0. The molecule has 9 nitrogen and oxygen atoms in total. The van der Waals surface area contributed by atoms with Crippen molar-refractivity contribution in [2.75, 3.05) is 11.4 Å². The van der Waals surface area contributed by atoms with Crippen LogP contribution in [0.5, 0.6) is 0 Å². The Balaban J connectivity index is 1.63. The lowest BCUT2D eigenvalue weighted by Gasteiger charge is -2.25. The van der Waals surface area contributed by atoms with E-state index in [1.165, 1.54) is 6.20 Å². The first-order valence-corrected chi connectivity index (χ1v) is 10.9. The summed E-state index contributed by atoms with van der Waals surface area (Å²) in [7, 11) is 0. The second-order valence-corrected chi connectivity index (χ2v) is 7.77. The number of aryl methyl sites for hydroxylation is 1. The van der Waals surface area contributed by atoms with E-state index in [-0.39, 0.29) is 0 Å². The van der Waals surface area contributed by atoms with Crippen molar-refractivity contribution in [2.45, 2.75) is 33.2 Å². The number of nitrogens with two attached hydrogens (primary N) is 1. The van der Waals surface area contributed by atoms with Crippen LogP contribution in [0.25, 0.3) is 22.5 Å². The highest BCUT2D eigenvalue weighted by Gasteiger charge is 2.18. The maximum absolute atomic E-state index is 12.0. The second kappa shape index (κ2) is 9.99. The van der Waals surface area contributed by atoms with Gasteiger partial charge in [-0.3, -0.25) is 4.79 Å². The minimum absolute atomic E-state index is 0.336. The Bertz CT molecular complexity index is 1220. The number of anilines is 1. The van der Waals surface area contributed by atoms with Gasteiger partial charge in [-0.15, -0.1) is 10.2 Å². The van der Waals surface area contributed by atoms with Gasteiger partial charge in [0.15, 0.2) is 0 Å². The Hall–Kier alpha value is -4.14. The van der Waals surface area contributed by atoms with Gasteiger partial charge in [0.05, 0.1) is 0 Å². The molecule has 4 rings (SSSR count). The molecule has 4 aromatic rings. The van der Waals surface area contributed by atoms with Crippen LogP contribution in [-0.2, 0) is 6.54 Å². The molecular weight excluding hydrogens is 416 g/mol. The Morgan fingerprint density at radius 3 is 2.52 bits per heavy atom. The van der Waals surface area contributed by atoms with Crippen LogP contribution in [-0.4, -0.2) is 43.0 Å². The number of nitrogens with one attached hydrogen (secondary N) is 1. The number of unbranched alkanes of at least 4 members (excludes halogenated alkanes) is 1. The molecule has 9 heteroatoms. The number of tetrazole rings is 1. The van der Waals surface area contributed by atoms with Gasteiger partial charge >= 0.3 is 0 Å². The van der Waals surface area contributed by atoms with Crippen molar-refractivity contribution < 1.29 is 4.79 Å². The van der Waals surface area contributed by atoms with E-state index >= 15 is 0 Å².